The van der Waals surface area contributed by atoms with Gasteiger partial charge in [0.15, 0.2) is 0 Å². The van der Waals surface area contributed by atoms with E-state index in [-0.39, 0.29) is 17.6 Å². The van der Waals surface area contributed by atoms with Gasteiger partial charge in [0, 0.05) is 37.6 Å². The van der Waals surface area contributed by atoms with Gasteiger partial charge in [-0.2, -0.15) is 0 Å². The van der Waals surface area contributed by atoms with Gasteiger partial charge in [0.25, 0.3) is 5.91 Å². The lowest BCUT2D eigenvalue weighted by molar-refractivity contribution is 0.0700. The second-order valence-electron chi connectivity index (χ2n) is 7.35. The Kier molecular flexibility index (Phi) is 5.10. The van der Waals surface area contributed by atoms with Crippen molar-refractivity contribution in [1.82, 2.24) is 19.4 Å². The number of imidazole rings is 1. The van der Waals surface area contributed by atoms with Crippen LogP contribution in [0.3, 0.4) is 0 Å². The fraction of sp³-hybridized carbons (Fsp3) is 0.318. The van der Waals surface area contributed by atoms with Crippen molar-refractivity contribution < 1.29 is 9.90 Å². The molecule has 1 amide bonds. The molecule has 1 unspecified atom stereocenters. The number of rotatable bonds is 4. The molecule has 1 aromatic carbocycles. The molecule has 1 N–H and O–H groups in total. The number of likely N-dealkylation sites (tertiary alicyclic amines) is 1. The van der Waals surface area contributed by atoms with Crippen LogP contribution in [0.1, 0.15) is 46.2 Å². The van der Waals surface area contributed by atoms with Crippen LogP contribution < -0.4 is 0 Å². The Morgan fingerprint density at radius 1 is 1.21 bits per heavy atom. The summed E-state index contributed by atoms with van der Waals surface area (Å²) >= 11 is 0. The van der Waals surface area contributed by atoms with Crippen LogP contribution in [0.5, 0.6) is 5.75 Å². The van der Waals surface area contributed by atoms with Gasteiger partial charge >= 0.3 is 0 Å². The minimum absolute atomic E-state index is 0.0452. The van der Waals surface area contributed by atoms with Crippen LogP contribution >= 0.6 is 0 Å². The number of phenolic OH excluding ortho intramolecular Hbond substituents is 1. The molecule has 2 aromatic heterocycles. The van der Waals surface area contributed by atoms with Gasteiger partial charge in [-0.3, -0.25) is 9.78 Å². The Morgan fingerprint density at radius 3 is 2.89 bits per heavy atom. The summed E-state index contributed by atoms with van der Waals surface area (Å²) in [4.78, 5) is 23.8. The van der Waals surface area contributed by atoms with E-state index in [1.165, 1.54) is 0 Å². The molecule has 0 aliphatic carbocycles. The molecular weight excluding hydrogens is 352 g/mol. The van der Waals surface area contributed by atoms with E-state index in [1.807, 2.05) is 48.5 Å². The Labute approximate surface area is 164 Å². The van der Waals surface area contributed by atoms with Crippen molar-refractivity contribution in [3.8, 4) is 5.75 Å². The lowest BCUT2D eigenvalue weighted by atomic mass is 9.96. The van der Waals surface area contributed by atoms with Crippen molar-refractivity contribution in [2.24, 2.45) is 0 Å². The van der Waals surface area contributed by atoms with Crippen molar-refractivity contribution in [1.29, 1.82) is 0 Å². The number of phenols is 1. The quantitative estimate of drug-likeness (QED) is 0.758. The number of benzene rings is 1. The van der Waals surface area contributed by atoms with Crippen LogP contribution in [0.15, 0.2) is 55.0 Å². The maximum absolute atomic E-state index is 13.0. The summed E-state index contributed by atoms with van der Waals surface area (Å²) in [5.41, 5.74) is 2.28. The summed E-state index contributed by atoms with van der Waals surface area (Å²) < 4.78 is 2.12. The number of hydrogen-bond acceptors (Lipinski definition) is 4. The molecule has 0 spiro atoms. The number of carbonyl (C=O) groups excluding carboxylic acids is 1. The third-order valence-corrected chi connectivity index (χ3v) is 5.26. The second kappa shape index (κ2) is 7.84. The van der Waals surface area contributed by atoms with E-state index in [9.17, 15) is 9.90 Å². The second-order valence-corrected chi connectivity index (χ2v) is 7.35. The summed E-state index contributed by atoms with van der Waals surface area (Å²) in [5, 5.41) is 10.2. The average Bonchev–Trinajstić information content (AvgIpc) is 3.16. The molecule has 28 heavy (non-hydrogen) atoms. The molecule has 1 fully saturated rings. The predicted octanol–water partition coefficient (Wildman–Crippen LogP) is 3.36. The number of aromatic hydroxyl groups is 1. The summed E-state index contributed by atoms with van der Waals surface area (Å²) in [5.74, 6) is 1.08. The van der Waals surface area contributed by atoms with Crippen LogP contribution in [0.25, 0.3) is 0 Å². The zero-order valence-electron chi connectivity index (χ0n) is 16.0. The first kappa shape index (κ1) is 18.2. The molecular formula is C22H24N4O2. The number of amides is 1. The standard InChI is InChI=1S/C22H24N4O2/c1-16-7-8-19(20(27)13-16)22(28)26-11-4-5-17(14-26)21-24-10-12-25(21)15-18-6-2-3-9-23-18/h2-3,6-10,12-13,17,27H,4-5,11,14-15H2,1H3. The largest absolute Gasteiger partial charge is 0.507 e. The first-order valence-corrected chi connectivity index (χ1v) is 9.61. The van der Waals surface area contributed by atoms with Gasteiger partial charge in [-0.1, -0.05) is 12.1 Å². The Hall–Kier alpha value is -3.15. The molecule has 0 saturated carbocycles. The Bertz CT molecular complexity index is 968. The summed E-state index contributed by atoms with van der Waals surface area (Å²) in [6.07, 6.45) is 7.48. The highest BCUT2D eigenvalue weighted by molar-refractivity contribution is 5.97. The van der Waals surface area contributed by atoms with E-state index in [1.54, 1.807) is 18.3 Å². The molecule has 3 aromatic rings. The third kappa shape index (κ3) is 3.76. The first-order chi connectivity index (χ1) is 13.6. The highest BCUT2D eigenvalue weighted by Crippen LogP contribution is 2.29. The highest BCUT2D eigenvalue weighted by Gasteiger charge is 2.29. The zero-order valence-corrected chi connectivity index (χ0v) is 16.0. The number of aryl methyl sites for hydroxylation is 1. The summed E-state index contributed by atoms with van der Waals surface area (Å²) in [7, 11) is 0. The van der Waals surface area contributed by atoms with E-state index < -0.39 is 0 Å². The van der Waals surface area contributed by atoms with E-state index in [2.05, 4.69) is 14.5 Å². The lowest BCUT2D eigenvalue weighted by Gasteiger charge is -2.33. The monoisotopic (exact) mass is 376 g/mol. The normalized spacial score (nSPS) is 16.9. The minimum Gasteiger partial charge on any atom is -0.507 e. The summed E-state index contributed by atoms with van der Waals surface area (Å²) in [6, 6.07) is 11.1. The maximum Gasteiger partial charge on any atom is 0.257 e. The number of carbonyl (C=O) groups is 1. The van der Waals surface area contributed by atoms with E-state index in [0.717, 1.165) is 29.9 Å². The van der Waals surface area contributed by atoms with Crippen LogP contribution in [0.2, 0.25) is 0 Å². The fourth-order valence-corrected chi connectivity index (χ4v) is 3.85. The number of pyridine rings is 1. The van der Waals surface area contributed by atoms with Crippen LogP contribution in [0.4, 0.5) is 0 Å². The summed E-state index contributed by atoms with van der Waals surface area (Å²) in [6.45, 7) is 3.86. The van der Waals surface area contributed by atoms with Gasteiger partial charge < -0.3 is 14.6 Å². The predicted molar refractivity (Wildman–Crippen MR) is 106 cm³/mol. The van der Waals surface area contributed by atoms with Gasteiger partial charge in [0.1, 0.15) is 11.6 Å². The van der Waals surface area contributed by atoms with Gasteiger partial charge in [-0.05, 0) is 49.6 Å². The van der Waals surface area contributed by atoms with Gasteiger partial charge in [0.2, 0.25) is 0 Å². The van der Waals surface area contributed by atoms with Gasteiger partial charge in [0.05, 0.1) is 17.8 Å². The van der Waals surface area contributed by atoms with Crippen LogP contribution in [-0.4, -0.2) is 43.5 Å². The average molecular weight is 376 g/mol. The lowest BCUT2D eigenvalue weighted by Crippen LogP contribution is -2.39. The van der Waals surface area contributed by atoms with E-state index in [4.69, 9.17) is 0 Å². The Morgan fingerprint density at radius 2 is 2.11 bits per heavy atom. The van der Waals surface area contributed by atoms with Crippen LogP contribution in [0, 0.1) is 6.92 Å². The van der Waals surface area contributed by atoms with Crippen molar-refractivity contribution in [3.05, 3.63) is 77.6 Å². The molecule has 4 rings (SSSR count). The van der Waals surface area contributed by atoms with Gasteiger partial charge in [-0.15, -0.1) is 0 Å². The van der Waals surface area contributed by atoms with E-state index in [0.29, 0.717) is 25.2 Å². The third-order valence-electron chi connectivity index (χ3n) is 5.26. The number of hydrogen-bond donors (Lipinski definition) is 1. The minimum atomic E-state index is -0.120. The fourth-order valence-electron chi connectivity index (χ4n) is 3.85. The van der Waals surface area contributed by atoms with Crippen LogP contribution in [-0.2, 0) is 6.54 Å². The van der Waals surface area contributed by atoms with Crippen molar-refractivity contribution in [3.63, 3.8) is 0 Å². The molecule has 0 bridgehead atoms. The smallest absolute Gasteiger partial charge is 0.257 e. The molecule has 1 aliphatic heterocycles. The topological polar surface area (TPSA) is 71.2 Å². The molecule has 144 valence electrons. The van der Waals surface area contributed by atoms with Gasteiger partial charge in [-0.25, -0.2) is 4.98 Å². The number of aromatic nitrogens is 3. The van der Waals surface area contributed by atoms with Crippen molar-refractivity contribution in [2.75, 3.05) is 13.1 Å². The van der Waals surface area contributed by atoms with Crippen molar-refractivity contribution in [2.45, 2.75) is 32.2 Å². The van der Waals surface area contributed by atoms with Crippen molar-refractivity contribution >= 4 is 5.91 Å². The maximum atomic E-state index is 13.0. The SMILES string of the molecule is Cc1ccc(C(=O)N2CCCC(c3nccn3Cc3ccccn3)C2)c(O)c1. The van der Waals surface area contributed by atoms with E-state index >= 15 is 0 Å². The first-order valence-electron chi connectivity index (χ1n) is 9.61. The number of piperidine rings is 1. The molecule has 0 radical (unpaired) electrons. The molecule has 1 saturated heterocycles. The Balaban J connectivity index is 1.52. The zero-order chi connectivity index (χ0) is 19.5. The molecule has 3 heterocycles. The molecule has 6 heteroatoms. The highest BCUT2D eigenvalue weighted by atomic mass is 16.3. The molecule has 6 nitrogen and oxygen atoms in total. The molecule has 1 atom stereocenters. The number of nitrogens with zero attached hydrogens (tertiary/aromatic N) is 4. The molecule has 1 aliphatic rings.